The summed E-state index contributed by atoms with van der Waals surface area (Å²) in [6.45, 7) is 2.18. The zero-order valence-corrected chi connectivity index (χ0v) is 20.4. The summed E-state index contributed by atoms with van der Waals surface area (Å²) in [6, 6.07) is 16.9. The number of carbonyl (C=O) groups excluding carboxylic acids is 2. The molecule has 1 saturated carbocycles. The molecule has 1 aliphatic heterocycles. The number of carbonyl (C=O) groups is 2. The number of ketones is 2. The molecule has 0 aromatic heterocycles. The molecule has 1 heterocycles. The van der Waals surface area contributed by atoms with E-state index in [9.17, 15) is 18.0 Å². The molecule has 1 fully saturated rings. The largest absolute Gasteiger partial charge is 0.290 e. The summed E-state index contributed by atoms with van der Waals surface area (Å²) in [5, 5.41) is 0. The van der Waals surface area contributed by atoms with Gasteiger partial charge in [-0.2, -0.15) is 0 Å². The number of sulfonamides is 1. The summed E-state index contributed by atoms with van der Waals surface area (Å²) >= 11 is 0. The molecule has 0 amide bonds. The van der Waals surface area contributed by atoms with Crippen molar-refractivity contribution in [2.75, 3.05) is 0 Å². The lowest BCUT2D eigenvalue weighted by Crippen LogP contribution is -2.49. The van der Waals surface area contributed by atoms with Crippen molar-refractivity contribution < 1.29 is 18.0 Å². The maximum atomic E-state index is 13.9. The van der Waals surface area contributed by atoms with Crippen LogP contribution in [0.4, 0.5) is 0 Å². The van der Waals surface area contributed by atoms with Crippen molar-refractivity contribution >= 4 is 27.2 Å². The topological polar surface area (TPSA) is 71.5 Å². The molecular weight excluding hydrogens is 458 g/mol. The third-order valence-corrected chi connectivity index (χ3v) is 9.83. The predicted octanol–water partition coefficient (Wildman–Crippen LogP) is 4.93. The van der Waals surface area contributed by atoms with Crippen LogP contribution in [-0.4, -0.2) is 30.3 Å². The summed E-state index contributed by atoms with van der Waals surface area (Å²) in [7, 11) is -3.94. The lowest BCUT2D eigenvalue weighted by molar-refractivity contribution is -0.137. The zero-order chi connectivity index (χ0) is 24.3. The van der Waals surface area contributed by atoms with Crippen LogP contribution >= 0.6 is 0 Å². The molecule has 178 valence electrons. The Morgan fingerprint density at radius 2 is 1.60 bits per heavy atom. The summed E-state index contributed by atoms with van der Waals surface area (Å²) in [5.41, 5.74) is 3.95. The molecular formula is C29H27NO4S. The Morgan fingerprint density at radius 3 is 2.31 bits per heavy atom. The molecule has 4 atom stereocenters. The number of allylic oxidation sites excluding steroid dienone is 3. The fourth-order valence-electron chi connectivity index (χ4n) is 6.45. The van der Waals surface area contributed by atoms with Crippen LogP contribution in [0.5, 0.6) is 0 Å². The second-order valence-electron chi connectivity index (χ2n) is 9.95. The van der Waals surface area contributed by atoms with E-state index in [1.54, 1.807) is 36.5 Å². The van der Waals surface area contributed by atoms with Crippen LogP contribution in [0.25, 0.3) is 5.57 Å². The Morgan fingerprint density at radius 1 is 0.914 bits per heavy atom. The van der Waals surface area contributed by atoms with E-state index in [4.69, 9.17) is 0 Å². The first-order valence-electron chi connectivity index (χ1n) is 12.3. The van der Waals surface area contributed by atoms with E-state index < -0.39 is 33.5 Å². The molecule has 35 heavy (non-hydrogen) atoms. The van der Waals surface area contributed by atoms with E-state index in [0.29, 0.717) is 23.5 Å². The molecule has 0 radical (unpaired) electrons. The minimum atomic E-state index is -3.94. The first-order valence-corrected chi connectivity index (χ1v) is 13.7. The lowest BCUT2D eigenvalue weighted by atomic mass is 9.63. The van der Waals surface area contributed by atoms with Gasteiger partial charge < -0.3 is 0 Å². The highest BCUT2D eigenvalue weighted by Gasteiger charge is 2.55. The number of benzene rings is 2. The molecule has 4 unspecified atom stereocenters. The first kappa shape index (κ1) is 22.2. The molecule has 6 heteroatoms. The Labute approximate surface area is 205 Å². The normalized spacial score (nSPS) is 28.2. The van der Waals surface area contributed by atoms with Gasteiger partial charge in [-0.3, -0.25) is 13.9 Å². The van der Waals surface area contributed by atoms with Crippen molar-refractivity contribution in [2.45, 2.75) is 43.5 Å². The van der Waals surface area contributed by atoms with Gasteiger partial charge in [-0.15, -0.1) is 0 Å². The number of hydrogen-bond acceptors (Lipinski definition) is 4. The monoisotopic (exact) mass is 485 g/mol. The number of rotatable bonds is 3. The van der Waals surface area contributed by atoms with Crippen molar-refractivity contribution in [1.29, 1.82) is 0 Å². The van der Waals surface area contributed by atoms with Crippen molar-refractivity contribution in [1.82, 2.24) is 4.31 Å². The van der Waals surface area contributed by atoms with Crippen LogP contribution in [0, 0.1) is 17.8 Å². The molecule has 0 saturated heterocycles. The summed E-state index contributed by atoms with van der Waals surface area (Å²) < 4.78 is 29.2. The van der Waals surface area contributed by atoms with E-state index in [-0.39, 0.29) is 10.8 Å². The Bertz CT molecular complexity index is 1420. The highest BCUT2D eigenvalue weighted by molar-refractivity contribution is 7.89. The molecule has 0 bridgehead atoms. The fraction of sp³-hybridized carbons (Fsp3) is 0.310. The highest BCUT2D eigenvalue weighted by atomic mass is 32.2. The van der Waals surface area contributed by atoms with Crippen LogP contribution in [0.1, 0.15) is 38.2 Å². The Balaban J connectivity index is 1.55. The minimum absolute atomic E-state index is 0.0815. The van der Waals surface area contributed by atoms with Crippen LogP contribution in [-0.2, 0) is 19.6 Å². The van der Waals surface area contributed by atoms with Crippen molar-refractivity contribution in [3.8, 4) is 0 Å². The SMILES string of the molecule is CC1CCCC2C1=CCC1=C2C(=O)C(=O)C2C(c3ccccc3)=CN(S(=O)(=O)c3ccccc3)C12. The van der Waals surface area contributed by atoms with Gasteiger partial charge in [-0.25, -0.2) is 8.42 Å². The Hall–Kier alpha value is -3.25. The maximum absolute atomic E-state index is 13.9. The third kappa shape index (κ3) is 3.30. The first-order chi connectivity index (χ1) is 16.9. The van der Waals surface area contributed by atoms with E-state index in [1.807, 2.05) is 30.3 Å². The second kappa shape index (κ2) is 8.16. The lowest BCUT2D eigenvalue weighted by Gasteiger charge is -2.42. The van der Waals surface area contributed by atoms with Gasteiger partial charge in [0.15, 0.2) is 0 Å². The molecule has 2 aromatic rings. The number of fused-ring (bicyclic) bond motifs is 4. The summed E-state index contributed by atoms with van der Waals surface area (Å²) in [5.74, 6) is -1.46. The van der Waals surface area contributed by atoms with E-state index >= 15 is 0 Å². The molecule has 0 spiro atoms. The van der Waals surface area contributed by atoms with Crippen LogP contribution in [0.3, 0.4) is 0 Å². The minimum Gasteiger partial charge on any atom is -0.290 e. The van der Waals surface area contributed by atoms with Gasteiger partial charge in [-0.05, 0) is 54.0 Å². The second-order valence-corrected chi connectivity index (χ2v) is 11.8. The Kier molecular flexibility index (Phi) is 5.18. The van der Waals surface area contributed by atoms with Gasteiger partial charge in [0.1, 0.15) is 0 Å². The van der Waals surface area contributed by atoms with Crippen molar-refractivity contribution in [3.63, 3.8) is 0 Å². The average Bonchev–Trinajstić information content (AvgIpc) is 3.30. The molecule has 0 N–H and O–H groups in total. The van der Waals surface area contributed by atoms with Gasteiger partial charge in [0.25, 0.3) is 10.0 Å². The van der Waals surface area contributed by atoms with Gasteiger partial charge in [0, 0.05) is 17.7 Å². The van der Waals surface area contributed by atoms with Crippen LogP contribution < -0.4 is 0 Å². The highest BCUT2D eigenvalue weighted by Crippen LogP contribution is 2.52. The maximum Gasteiger partial charge on any atom is 0.264 e. The van der Waals surface area contributed by atoms with Crippen LogP contribution in [0.2, 0.25) is 0 Å². The molecule has 5 nitrogen and oxygen atoms in total. The molecule has 4 aliphatic rings. The van der Waals surface area contributed by atoms with Gasteiger partial charge >= 0.3 is 0 Å². The fourth-order valence-corrected chi connectivity index (χ4v) is 8.00. The van der Waals surface area contributed by atoms with Crippen LogP contribution in [0.15, 0.2) is 94.6 Å². The van der Waals surface area contributed by atoms with E-state index in [2.05, 4.69) is 13.0 Å². The molecule has 2 aromatic carbocycles. The van der Waals surface area contributed by atoms with E-state index in [0.717, 1.165) is 30.4 Å². The van der Waals surface area contributed by atoms with Gasteiger partial charge in [0.05, 0.1) is 16.9 Å². The van der Waals surface area contributed by atoms with Crippen molar-refractivity contribution in [3.05, 3.63) is 95.2 Å². The van der Waals surface area contributed by atoms with Crippen molar-refractivity contribution in [2.24, 2.45) is 17.8 Å². The predicted molar refractivity (Wildman–Crippen MR) is 133 cm³/mol. The number of hydrogen-bond donors (Lipinski definition) is 0. The smallest absolute Gasteiger partial charge is 0.264 e. The third-order valence-electron chi connectivity index (χ3n) is 8.08. The molecule has 3 aliphatic carbocycles. The van der Waals surface area contributed by atoms with Gasteiger partial charge in [0.2, 0.25) is 11.6 Å². The number of Topliss-reactive ketones (excluding diaryl/α,β-unsaturated/α-hetero) is 2. The summed E-state index contributed by atoms with van der Waals surface area (Å²) in [4.78, 5) is 27.6. The molecule has 6 rings (SSSR count). The quantitative estimate of drug-likeness (QED) is 0.457. The number of nitrogens with zero attached hydrogens (tertiary/aromatic N) is 1. The van der Waals surface area contributed by atoms with E-state index in [1.165, 1.54) is 9.88 Å². The van der Waals surface area contributed by atoms with Gasteiger partial charge in [-0.1, -0.05) is 73.5 Å². The zero-order valence-electron chi connectivity index (χ0n) is 19.6. The summed E-state index contributed by atoms with van der Waals surface area (Å²) in [6.07, 6.45) is 7.19. The average molecular weight is 486 g/mol. The standard InChI is InChI=1S/C29H27NO4S/c1-18-9-8-14-22-21(18)15-16-23-25(22)28(31)29(32)26-24(19-10-4-2-5-11-19)17-30(27(23)26)35(33,34)20-12-6-3-7-13-20/h2-7,10-13,15,17-18,22,26-27H,8-9,14,16H2,1H3.